The summed E-state index contributed by atoms with van der Waals surface area (Å²) in [5, 5.41) is 9.80. The number of aliphatic hydroxyl groups excluding tert-OH is 1. The zero-order chi connectivity index (χ0) is 12.8. The van der Waals surface area contributed by atoms with Gasteiger partial charge in [0, 0.05) is 5.56 Å². The van der Waals surface area contributed by atoms with Crippen LogP contribution in [0.2, 0.25) is 0 Å². The molecule has 1 atom stereocenters. The Kier molecular flexibility index (Phi) is 4.62. The van der Waals surface area contributed by atoms with Gasteiger partial charge in [-0.3, -0.25) is 0 Å². The van der Waals surface area contributed by atoms with Crippen LogP contribution in [0.4, 0.5) is 0 Å². The third kappa shape index (κ3) is 3.25. The summed E-state index contributed by atoms with van der Waals surface area (Å²) in [6.45, 7) is 0.479. The van der Waals surface area contributed by atoms with Crippen molar-refractivity contribution in [3.05, 3.63) is 65.7 Å². The molecule has 3 heteroatoms. The fourth-order valence-corrected chi connectivity index (χ4v) is 1.87. The van der Waals surface area contributed by atoms with E-state index < -0.39 is 6.10 Å². The van der Waals surface area contributed by atoms with Crippen LogP contribution in [0.5, 0.6) is 5.75 Å². The first-order valence-corrected chi connectivity index (χ1v) is 6.34. The van der Waals surface area contributed by atoms with Crippen LogP contribution in [-0.2, 0) is 6.61 Å². The standard InChI is InChI=1S/C15H15ClO2/c16-10-14(17)13-8-4-5-9-15(13)18-11-12-6-2-1-3-7-12/h1-9,14,17H,10-11H2/t14-/m0/s1. The molecule has 0 saturated carbocycles. The fourth-order valence-electron chi connectivity index (χ4n) is 1.71. The molecule has 0 amide bonds. The lowest BCUT2D eigenvalue weighted by Crippen LogP contribution is -2.03. The summed E-state index contributed by atoms with van der Waals surface area (Å²) < 4.78 is 5.73. The Hall–Kier alpha value is -1.51. The van der Waals surface area contributed by atoms with E-state index in [1.54, 1.807) is 0 Å². The van der Waals surface area contributed by atoms with Gasteiger partial charge in [-0.05, 0) is 11.6 Å². The highest BCUT2D eigenvalue weighted by molar-refractivity contribution is 6.18. The Morgan fingerprint density at radius 3 is 2.39 bits per heavy atom. The lowest BCUT2D eigenvalue weighted by molar-refractivity contribution is 0.193. The maximum absolute atomic E-state index is 9.80. The number of benzene rings is 2. The van der Waals surface area contributed by atoms with E-state index in [1.165, 1.54) is 0 Å². The predicted octanol–water partition coefficient (Wildman–Crippen LogP) is 3.54. The van der Waals surface area contributed by atoms with Gasteiger partial charge < -0.3 is 9.84 Å². The highest BCUT2D eigenvalue weighted by atomic mass is 35.5. The lowest BCUT2D eigenvalue weighted by Gasteiger charge is -2.14. The van der Waals surface area contributed by atoms with Gasteiger partial charge in [-0.15, -0.1) is 11.6 Å². The number of aliphatic hydroxyl groups is 1. The quantitative estimate of drug-likeness (QED) is 0.836. The molecule has 0 aromatic heterocycles. The molecule has 0 aliphatic rings. The fraction of sp³-hybridized carbons (Fsp3) is 0.200. The van der Waals surface area contributed by atoms with Gasteiger partial charge >= 0.3 is 0 Å². The number of ether oxygens (including phenoxy) is 1. The summed E-state index contributed by atoms with van der Waals surface area (Å²) in [6.07, 6.45) is -0.696. The Labute approximate surface area is 112 Å². The molecular formula is C15H15ClO2. The third-order valence-electron chi connectivity index (χ3n) is 2.66. The molecule has 0 aliphatic heterocycles. The molecule has 0 heterocycles. The average Bonchev–Trinajstić information content (AvgIpc) is 2.45. The van der Waals surface area contributed by atoms with E-state index in [1.807, 2.05) is 54.6 Å². The van der Waals surface area contributed by atoms with Crippen molar-refractivity contribution in [3.8, 4) is 5.75 Å². The second kappa shape index (κ2) is 6.43. The summed E-state index contributed by atoms with van der Waals surface area (Å²) in [5.74, 6) is 0.834. The third-order valence-corrected chi connectivity index (χ3v) is 2.95. The molecule has 0 saturated heterocycles. The van der Waals surface area contributed by atoms with Gasteiger partial charge in [0.1, 0.15) is 12.4 Å². The van der Waals surface area contributed by atoms with Gasteiger partial charge in [0.25, 0.3) is 0 Å². The number of para-hydroxylation sites is 1. The highest BCUT2D eigenvalue weighted by Gasteiger charge is 2.11. The molecule has 1 N–H and O–H groups in total. The van der Waals surface area contributed by atoms with Crippen LogP contribution in [0, 0.1) is 0 Å². The van der Waals surface area contributed by atoms with Crippen molar-refractivity contribution < 1.29 is 9.84 Å². The normalized spacial score (nSPS) is 12.1. The van der Waals surface area contributed by atoms with Gasteiger partial charge in [0.15, 0.2) is 0 Å². The number of halogens is 1. The number of alkyl halides is 1. The molecule has 18 heavy (non-hydrogen) atoms. The zero-order valence-electron chi connectivity index (χ0n) is 9.92. The van der Waals surface area contributed by atoms with E-state index in [9.17, 15) is 5.11 Å². The molecule has 0 unspecified atom stereocenters. The lowest BCUT2D eigenvalue weighted by atomic mass is 10.1. The number of hydrogen-bond donors (Lipinski definition) is 1. The van der Waals surface area contributed by atoms with E-state index in [0.717, 1.165) is 11.1 Å². The molecule has 2 aromatic carbocycles. The minimum Gasteiger partial charge on any atom is -0.489 e. The van der Waals surface area contributed by atoms with Crippen molar-refractivity contribution in [2.45, 2.75) is 12.7 Å². The maximum atomic E-state index is 9.80. The van der Waals surface area contributed by atoms with Gasteiger partial charge in [-0.1, -0.05) is 48.5 Å². The molecule has 2 nitrogen and oxygen atoms in total. The first-order chi connectivity index (χ1) is 8.81. The maximum Gasteiger partial charge on any atom is 0.125 e. The smallest absolute Gasteiger partial charge is 0.125 e. The van der Waals surface area contributed by atoms with Gasteiger partial charge in [-0.25, -0.2) is 0 Å². The molecule has 0 fully saturated rings. The van der Waals surface area contributed by atoms with Crippen LogP contribution in [-0.4, -0.2) is 11.0 Å². The van der Waals surface area contributed by atoms with E-state index in [-0.39, 0.29) is 5.88 Å². The van der Waals surface area contributed by atoms with Crippen LogP contribution < -0.4 is 4.74 Å². The molecule has 2 aromatic rings. The Morgan fingerprint density at radius 2 is 1.67 bits per heavy atom. The summed E-state index contributed by atoms with van der Waals surface area (Å²) in [6, 6.07) is 17.3. The molecule has 0 aliphatic carbocycles. The SMILES string of the molecule is O[C@@H](CCl)c1ccccc1OCc1ccccc1. The second-order valence-electron chi connectivity index (χ2n) is 3.98. The molecule has 0 bridgehead atoms. The Morgan fingerprint density at radius 1 is 1.00 bits per heavy atom. The summed E-state index contributed by atoms with van der Waals surface area (Å²) >= 11 is 5.67. The highest BCUT2D eigenvalue weighted by Crippen LogP contribution is 2.26. The average molecular weight is 263 g/mol. The Balaban J connectivity index is 2.10. The molecule has 0 radical (unpaired) electrons. The zero-order valence-corrected chi connectivity index (χ0v) is 10.7. The molecule has 94 valence electrons. The van der Waals surface area contributed by atoms with Gasteiger partial charge in [0.2, 0.25) is 0 Å². The molecule has 0 spiro atoms. The van der Waals surface area contributed by atoms with Gasteiger partial charge in [0.05, 0.1) is 12.0 Å². The van der Waals surface area contributed by atoms with Crippen molar-refractivity contribution in [1.82, 2.24) is 0 Å². The summed E-state index contributed by atoms with van der Waals surface area (Å²) in [7, 11) is 0. The first-order valence-electron chi connectivity index (χ1n) is 5.81. The van der Waals surface area contributed by atoms with Crippen molar-refractivity contribution >= 4 is 11.6 Å². The number of rotatable bonds is 5. The topological polar surface area (TPSA) is 29.5 Å². The second-order valence-corrected chi connectivity index (χ2v) is 4.29. The van der Waals surface area contributed by atoms with E-state index >= 15 is 0 Å². The minimum absolute atomic E-state index is 0.158. The van der Waals surface area contributed by atoms with Crippen LogP contribution in [0.1, 0.15) is 17.2 Å². The van der Waals surface area contributed by atoms with E-state index in [2.05, 4.69) is 0 Å². The van der Waals surface area contributed by atoms with Crippen molar-refractivity contribution in [2.75, 3.05) is 5.88 Å². The van der Waals surface area contributed by atoms with E-state index in [4.69, 9.17) is 16.3 Å². The summed E-state index contributed by atoms with van der Waals surface area (Å²) in [4.78, 5) is 0. The summed E-state index contributed by atoms with van der Waals surface area (Å²) in [5.41, 5.74) is 1.82. The number of hydrogen-bond acceptors (Lipinski definition) is 2. The molecular weight excluding hydrogens is 248 g/mol. The largest absolute Gasteiger partial charge is 0.489 e. The van der Waals surface area contributed by atoms with E-state index in [0.29, 0.717) is 12.4 Å². The first kappa shape index (κ1) is 12.9. The molecule has 2 rings (SSSR count). The van der Waals surface area contributed by atoms with Crippen LogP contribution in [0.3, 0.4) is 0 Å². The van der Waals surface area contributed by atoms with Gasteiger partial charge in [-0.2, -0.15) is 0 Å². The van der Waals surface area contributed by atoms with Crippen molar-refractivity contribution in [3.63, 3.8) is 0 Å². The minimum atomic E-state index is -0.696. The predicted molar refractivity (Wildman–Crippen MR) is 72.9 cm³/mol. The van der Waals surface area contributed by atoms with Crippen molar-refractivity contribution in [1.29, 1.82) is 0 Å². The van der Waals surface area contributed by atoms with Crippen LogP contribution >= 0.6 is 11.6 Å². The Bertz CT molecular complexity index is 485. The van der Waals surface area contributed by atoms with Crippen LogP contribution in [0.25, 0.3) is 0 Å². The van der Waals surface area contributed by atoms with Crippen LogP contribution in [0.15, 0.2) is 54.6 Å². The monoisotopic (exact) mass is 262 g/mol. The van der Waals surface area contributed by atoms with Crippen molar-refractivity contribution in [2.24, 2.45) is 0 Å².